The molecular formula is C25H34Cl2FN4O9PSi. The third-order valence-corrected chi connectivity index (χ3v) is 12.4. The van der Waals surface area contributed by atoms with Gasteiger partial charge in [-0.3, -0.25) is 23.4 Å². The molecule has 4 aliphatic rings. The van der Waals surface area contributed by atoms with Crippen LogP contribution >= 0.6 is 30.9 Å². The number of hydrogen-bond donors (Lipinski definition) is 1. The summed E-state index contributed by atoms with van der Waals surface area (Å²) in [6, 6.07) is 4.81. The lowest BCUT2D eigenvalue weighted by Crippen LogP contribution is -2.55. The summed E-state index contributed by atoms with van der Waals surface area (Å²) in [5.41, 5.74) is -1.89. The largest absolute Gasteiger partial charge is 0.501 e. The maximum atomic E-state index is 14.5. The van der Waals surface area contributed by atoms with Crippen molar-refractivity contribution in [3.05, 3.63) is 61.1 Å². The van der Waals surface area contributed by atoms with Gasteiger partial charge in [-0.1, -0.05) is 23.2 Å². The van der Waals surface area contributed by atoms with Crippen molar-refractivity contribution < 1.29 is 36.0 Å². The monoisotopic (exact) mass is 682 g/mol. The molecule has 1 aromatic heterocycles. The summed E-state index contributed by atoms with van der Waals surface area (Å²) in [7, 11) is -7.02. The zero-order valence-corrected chi connectivity index (χ0v) is 26.8. The highest BCUT2D eigenvalue weighted by Gasteiger charge is 2.43. The van der Waals surface area contributed by atoms with E-state index >= 15 is 0 Å². The smallest absolute Gasteiger partial charge is 0.413 e. The average Bonchev–Trinajstić information content (AvgIpc) is 3.48. The number of rotatable bonds is 12. The molecule has 1 aromatic carbocycles. The van der Waals surface area contributed by atoms with Crippen molar-refractivity contribution in [3.8, 4) is 5.75 Å². The van der Waals surface area contributed by atoms with Crippen LogP contribution in [-0.2, 0) is 33.6 Å². The van der Waals surface area contributed by atoms with Crippen molar-refractivity contribution in [2.24, 2.45) is 0 Å². The van der Waals surface area contributed by atoms with E-state index in [-0.39, 0.29) is 28.9 Å². The predicted molar refractivity (Wildman–Crippen MR) is 157 cm³/mol. The average molecular weight is 684 g/mol. The van der Waals surface area contributed by atoms with Crippen molar-refractivity contribution in [1.82, 2.24) is 19.1 Å². The minimum Gasteiger partial charge on any atom is -0.413 e. The summed E-state index contributed by atoms with van der Waals surface area (Å²) in [6.07, 6.45) is 1.85. The highest BCUT2D eigenvalue weighted by molar-refractivity contribution is 7.52. The molecule has 2 bridgehead atoms. The molecule has 0 amide bonds. The third kappa shape index (κ3) is 8.35. The summed E-state index contributed by atoms with van der Waals surface area (Å²) in [4.78, 5) is 27.7. The zero-order chi connectivity index (χ0) is 30.5. The minimum absolute atomic E-state index is 0.112. The zero-order valence-electron chi connectivity index (χ0n) is 23.4. The van der Waals surface area contributed by atoms with E-state index in [1.807, 2.05) is 0 Å². The van der Waals surface area contributed by atoms with Gasteiger partial charge in [0.1, 0.15) is 12.0 Å². The Morgan fingerprint density at radius 1 is 1.07 bits per heavy atom. The standard InChI is InChI=1S/C25H34Cl2FN4O9PSi/c26-20-5-4-19(17-21(20)27)41-42(35,29-6-2-16-43-38-13-7-30(8-14-39-43)9-15-40-43)37-12-10-31-24(33)22(28)18-32(25(31)34)23-3-1-11-36-23/h4-5,17-18,23H,1-3,6-16H2,(H,29,35)/t23-,42?/m1/s1. The van der Waals surface area contributed by atoms with E-state index < -0.39 is 46.5 Å². The van der Waals surface area contributed by atoms with Crippen LogP contribution in [0.5, 0.6) is 5.75 Å². The van der Waals surface area contributed by atoms with Crippen molar-refractivity contribution in [3.63, 3.8) is 0 Å². The Morgan fingerprint density at radius 3 is 2.44 bits per heavy atom. The number of benzene rings is 1. The molecule has 13 nitrogen and oxygen atoms in total. The number of hydrogen-bond acceptors (Lipinski definition) is 10. The number of nitrogens with zero attached hydrogens (tertiary/aromatic N) is 3. The third-order valence-electron chi connectivity index (χ3n) is 7.22. The molecule has 5 heterocycles. The second-order valence-corrected chi connectivity index (χ2v) is 15.5. The Kier molecular flexibility index (Phi) is 11.2. The predicted octanol–water partition coefficient (Wildman–Crippen LogP) is 3.27. The lowest BCUT2D eigenvalue weighted by Gasteiger charge is -2.38. The summed E-state index contributed by atoms with van der Waals surface area (Å²) in [6.45, 7) is 3.76. The van der Waals surface area contributed by atoms with Crippen LogP contribution in [0.1, 0.15) is 25.5 Å². The first kappa shape index (κ1) is 32.8. The molecule has 238 valence electrons. The van der Waals surface area contributed by atoms with E-state index in [2.05, 4.69) is 9.99 Å². The lowest BCUT2D eigenvalue weighted by atomic mass is 10.3. The van der Waals surface area contributed by atoms with Gasteiger partial charge in [0.05, 0.1) is 49.2 Å². The first-order valence-corrected chi connectivity index (χ1v) is 18.3. The molecule has 43 heavy (non-hydrogen) atoms. The molecule has 18 heteroatoms. The Balaban J connectivity index is 1.26. The molecule has 2 atom stereocenters. The van der Waals surface area contributed by atoms with E-state index in [0.717, 1.165) is 30.4 Å². The van der Waals surface area contributed by atoms with Gasteiger partial charge in [-0.05, 0) is 31.4 Å². The fourth-order valence-corrected chi connectivity index (χ4v) is 9.13. The summed E-state index contributed by atoms with van der Waals surface area (Å²) in [5, 5.41) is 3.27. The lowest BCUT2D eigenvalue weighted by molar-refractivity contribution is -0.00848. The first-order chi connectivity index (χ1) is 20.7. The molecular weight excluding hydrogens is 649 g/mol. The highest BCUT2D eigenvalue weighted by atomic mass is 35.5. The molecule has 1 unspecified atom stereocenters. The van der Waals surface area contributed by atoms with Gasteiger partial charge in [0, 0.05) is 44.9 Å². The van der Waals surface area contributed by atoms with Gasteiger partial charge in [0.25, 0.3) is 5.56 Å². The quantitative estimate of drug-likeness (QED) is 0.201. The first-order valence-electron chi connectivity index (χ1n) is 14.1. The molecule has 6 rings (SSSR count). The van der Waals surface area contributed by atoms with Crippen molar-refractivity contribution >= 4 is 39.8 Å². The Bertz CT molecular complexity index is 1420. The van der Waals surface area contributed by atoms with Crippen LogP contribution in [0.4, 0.5) is 4.39 Å². The molecule has 0 spiro atoms. The van der Waals surface area contributed by atoms with E-state index in [1.54, 1.807) is 0 Å². The van der Waals surface area contributed by atoms with Crippen LogP contribution in [-0.4, -0.2) is 82.1 Å². The van der Waals surface area contributed by atoms with Crippen LogP contribution < -0.4 is 20.9 Å². The van der Waals surface area contributed by atoms with Crippen LogP contribution in [0.25, 0.3) is 0 Å². The van der Waals surface area contributed by atoms with Gasteiger partial charge in [-0.15, -0.1) is 0 Å². The number of ether oxygens (including phenoxy) is 1. The van der Waals surface area contributed by atoms with Crippen molar-refractivity contribution in [2.45, 2.75) is 38.1 Å². The van der Waals surface area contributed by atoms with Gasteiger partial charge in [0.15, 0.2) is 0 Å². The maximum absolute atomic E-state index is 14.5. The molecule has 0 radical (unpaired) electrons. The Morgan fingerprint density at radius 2 is 1.79 bits per heavy atom. The SMILES string of the molecule is O=c1c(F)cn([C@H]2CCCO2)c(=O)n1CCOP(=O)(NCCC[Si]12OCCN(CCO1)CCO2)Oc1ccc(Cl)c(Cl)c1. The molecule has 4 aliphatic heterocycles. The molecule has 4 fully saturated rings. The van der Waals surface area contributed by atoms with Crippen molar-refractivity contribution in [1.29, 1.82) is 0 Å². The molecule has 4 saturated heterocycles. The maximum Gasteiger partial charge on any atom is 0.501 e. The van der Waals surface area contributed by atoms with Gasteiger partial charge in [0.2, 0.25) is 5.82 Å². The number of halogens is 3. The van der Waals surface area contributed by atoms with Crippen LogP contribution in [0.2, 0.25) is 16.1 Å². The topological polar surface area (TPSA) is 132 Å². The van der Waals surface area contributed by atoms with Crippen molar-refractivity contribution in [2.75, 3.05) is 59.2 Å². The number of fused-ring (bicyclic) bond motifs is 6. The second kappa shape index (κ2) is 14.6. The van der Waals surface area contributed by atoms with Crippen LogP contribution in [0, 0.1) is 5.82 Å². The van der Waals surface area contributed by atoms with Gasteiger partial charge >= 0.3 is 22.2 Å². The molecule has 0 saturated carbocycles. The van der Waals surface area contributed by atoms with Crippen LogP contribution in [0.15, 0.2) is 34.0 Å². The Labute approximate surface area is 258 Å². The van der Waals surface area contributed by atoms with Crippen LogP contribution in [0.3, 0.4) is 0 Å². The fourth-order valence-electron chi connectivity index (χ4n) is 4.99. The number of nitrogens with one attached hydrogen (secondary N) is 1. The highest BCUT2D eigenvalue weighted by Crippen LogP contribution is 2.45. The molecule has 2 aromatic rings. The second-order valence-electron chi connectivity index (χ2n) is 10.2. The summed E-state index contributed by atoms with van der Waals surface area (Å²) in [5.74, 6) is -1.00. The van der Waals surface area contributed by atoms with E-state index in [1.165, 1.54) is 18.2 Å². The Hall–Kier alpha value is -1.62. The molecule has 0 aliphatic carbocycles. The fraction of sp³-hybridized carbons (Fsp3) is 0.600. The summed E-state index contributed by atoms with van der Waals surface area (Å²) >= 11 is 12.1. The van der Waals surface area contributed by atoms with E-state index in [0.29, 0.717) is 56.3 Å². The number of aromatic nitrogens is 2. The van der Waals surface area contributed by atoms with Gasteiger partial charge < -0.3 is 22.5 Å². The van der Waals surface area contributed by atoms with Gasteiger partial charge in [-0.25, -0.2) is 14.4 Å². The minimum atomic E-state index is -4.11. The summed E-state index contributed by atoms with van der Waals surface area (Å²) < 4.78 is 65.0. The molecule has 1 N–H and O–H groups in total. The van der Waals surface area contributed by atoms with E-state index in [9.17, 15) is 18.5 Å². The van der Waals surface area contributed by atoms with Gasteiger partial charge in [-0.2, -0.15) is 4.39 Å². The normalized spacial score (nSPS) is 25.6. The van der Waals surface area contributed by atoms with E-state index in [4.69, 9.17) is 50.3 Å².